The molecule has 2 saturated heterocycles. The number of urea groups is 1. The van der Waals surface area contributed by atoms with Gasteiger partial charge in [-0.15, -0.1) is 16.9 Å². The fraction of sp³-hybridized carbons (Fsp3) is 0.407. The smallest absolute Gasteiger partial charge is 0.325 e. The minimum absolute atomic E-state index is 0.0454. The third-order valence-corrected chi connectivity index (χ3v) is 10.0. The molecule has 5 rings (SSSR count). The zero-order valence-corrected chi connectivity index (χ0v) is 27.1. The van der Waals surface area contributed by atoms with Crippen LogP contribution in [0.2, 0.25) is 0 Å². The summed E-state index contributed by atoms with van der Waals surface area (Å²) < 4.78 is 1.43. The lowest BCUT2D eigenvalue weighted by molar-refractivity contribution is -0.153. The topological polar surface area (TPSA) is 249 Å². The first-order valence-electron chi connectivity index (χ1n) is 14.4. The molecule has 0 saturated carbocycles. The number of aromatic hydroxyl groups is 1. The van der Waals surface area contributed by atoms with E-state index in [9.17, 15) is 38.7 Å². The number of thioether (sulfide) groups is 2. The zero-order chi connectivity index (χ0) is 34.7. The molecule has 3 aliphatic heterocycles. The Morgan fingerprint density at radius 1 is 1.10 bits per heavy atom. The van der Waals surface area contributed by atoms with E-state index < -0.39 is 65.5 Å². The van der Waals surface area contributed by atoms with Crippen molar-refractivity contribution in [2.24, 2.45) is 7.05 Å². The molecule has 7 amide bonds. The fourth-order valence-electron chi connectivity index (χ4n) is 5.12. The van der Waals surface area contributed by atoms with Crippen LogP contribution in [0.5, 0.6) is 5.75 Å². The molecule has 19 nitrogen and oxygen atoms in total. The molecule has 2 fully saturated rings. The normalized spacial score (nSPS) is 19.8. The van der Waals surface area contributed by atoms with Gasteiger partial charge < -0.3 is 31.1 Å². The van der Waals surface area contributed by atoms with E-state index in [0.29, 0.717) is 15.6 Å². The number of carboxylic acids is 1. The SMILES string of the molecule is CCN1CCN(C(=O)N[C@@H](C(=O)N[C@@H]2C(=O)N3C(C(=O)NCC(=O)O)=C(CSc4nnnn4C)CS[C@H]23)c2ccc(O)cc2)C(=O)C1=O. The second-order valence-electron chi connectivity index (χ2n) is 10.6. The number of rotatable bonds is 11. The average molecular weight is 703 g/mol. The number of likely N-dealkylation sites (N-methyl/N-ethyl adjacent to an activating group) is 1. The van der Waals surface area contributed by atoms with Crippen LogP contribution in [-0.4, -0.2) is 136 Å². The van der Waals surface area contributed by atoms with Gasteiger partial charge in [-0.25, -0.2) is 9.48 Å². The van der Waals surface area contributed by atoms with Crippen molar-refractivity contribution in [3.8, 4) is 5.75 Å². The van der Waals surface area contributed by atoms with Crippen molar-refractivity contribution in [2.45, 2.75) is 29.5 Å². The number of carboxylic acid groups (broad SMARTS) is 1. The third kappa shape index (κ3) is 6.90. The lowest BCUT2D eigenvalue weighted by Crippen LogP contribution is -2.71. The van der Waals surface area contributed by atoms with Crippen molar-refractivity contribution < 1.29 is 43.8 Å². The number of nitrogens with one attached hydrogen (secondary N) is 3. The Kier molecular flexibility index (Phi) is 10.2. The number of imide groups is 1. The largest absolute Gasteiger partial charge is 0.508 e. The molecule has 1 aromatic carbocycles. The summed E-state index contributed by atoms with van der Waals surface area (Å²) in [7, 11) is 1.63. The van der Waals surface area contributed by atoms with Gasteiger partial charge >= 0.3 is 23.8 Å². The summed E-state index contributed by atoms with van der Waals surface area (Å²) in [4.78, 5) is 93.0. The number of carbonyl (C=O) groups excluding carboxylic acids is 6. The summed E-state index contributed by atoms with van der Waals surface area (Å²) >= 11 is 2.47. The molecule has 5 N–H and O–H groups in total. The van der Waals surface area contributed by atoms with Gasteiger partial charge in [0.05, 0.1) is 0 Å². The minimum Gasteiger partial charge on any atom is -0.508 e. The van der Waals surface area contributed by atoms with E-state index in [-0.39, 0.29) is 48.1 Å². The van der Waals surface area contributed by atoms with Crippen LogP contribution in [0.4, 0.5) is 4.79 Å². The summed E-state index contributed by atoms with van der Waals surface area (Å²) in [6.07, 6.45) is 0. The standard InChI is InChI=1S/C27H30N10O9S2/c1-3-35-8-9-36(24(45)23(35)44)26(46)30-17(13-4-6-15(38)7-5-13)20(41)29-18-22(43)37-19(21(42)28-10-16(39)40)14(11-47-25(18)37)12-48-27-31-32-33-34(27)2/h4-7,17-18,25,38H,3,8-12H2,1-2H3,(H,28,42)(H,29,41)(H,30,46)(H,39,40)/t17-,18-,25-/m1/s1. The van der Waals surface area contributed by atoms with E-state index in [1.165, 1.54) is 62.3 Å². The van der Waals surface area contributed by atoms with E-state index in [4.69, 9.17) is 5.11 Å². The number of aliphatic carboxylic acids is 1. The number of amides is 7. The molecule has 1 aromatic heterocycles. The van der Waals surface area contributed by atoms with Crippen molar-refractivity contribution >= 4 is 65.1 Å². The summed E-state index contributed by atoms with van der Waals surface area (Å²) in [6.45, 7) is 1.29. The number of carbonyl (C=O) groups is 7. The quantitative estimate of drug-likeness (QED) is 0.0966. The van der Waals surface area contributed by atoms with Gasteiger partial charge in [-0.1, -0.05) is 23.9 Å². The molecular weight excluding hydrogens is 672 g/mol. The Bertz CT molecular complexity index is 1700. The monoisotopic (exact) mass is 702 g/mol. The predicted octanol–water partition coefficient (Wildman–Crippen LogP) is -2.00. The van der Waals surface area contributed by atoms with Crippen LogP contribution in [0.25, 0.3) is 0 Å². The number of aromatic nitrogens is 4. The van der Waals surface area contributed by atoms with Crippen molar-refractivity contribution in [2.75, 3.05) is 37.7 Å². The van der Waals surface area contributed by atoms with Crippen molar-refractivity contribution in [1.82, 2.24) is 50.9 Å². The lowest BCUT2D eigenvalue weighted by Gasteiger charge is -2.50. The van der Waals surface area contributed by atoms with Gasteiger partial charge in [0, 0.05) is 38.2 Å². The number of phenolic OH excluding ortho intramolecular Hbond substituents is 1. The molecule has 0 bridgehead atoms. The van der Waals surface area contributed by atoms with Gasteiger partial charge in [0.15, 0.2) is 0 Å². The highest BCUT2D eigenvalue weighted by molar-refractivity contribution is 8.01. The Balaban J connectivity index is 1.34. The van der Waals surface area contributed by atoms with Crippen LogP contribution in [0, 0.1) is 0 Å². The maximum atomic E-state index is 13.7. The number of tetrazole rings is 1. The summed E-state index contributed by atoms with van der Waals surface area (Å²) in [6, 6.07) is 1.70. The highest BCUT2D eigenvalue weighted by Gasteiger charge is 2.54. The third-order valence-electron chi connectivity index (χ3n) is 7.61. The van der Waals surface area contributed by atoms with Gasteiger partial charge in [-0.2, -0.15) is 0 Å². The maximum absolute atomic E-state index is 13.7. The van der Waals surface area contributed by atoms with Crippen LogP contribution in [-0.2, 0) is 35.8 Å². The van der Waals surface area contributed by atoms with Crippen LogP contribution in [0.15, 0.2) is 40.7 Å². The summed E-state index contributed by atoms with van der Waals surface area (Å²) in [5.41, 5.74) is 0.675. The number of aryl methyl sites for hydroxylation is 1. The molecular formula is C27H30N10O9S2. The number of hydrogen-bond donors (Lipinski definition) is 5. The number of hydrogen-bond acceptors (Lipinski definition) is 13. The first-order valence-corrected chi connectivity index (χ1v) is 16.5. The number of fused-ring (bicyclic) bond motifs is 1. The number of phenols is 1. The molecule has 254 valence electrons. The zero-order valence-electron chi connectivity index (χ0n) is 25.5. The highest BCUT2D eigenvalue weighted by atomic mass is 32.2. The second kappa shape index (κ2) is 14.3. The van der Waals surface area contributed by atoms with Gasteiger partial charge in [0.1, 0.15) is 35.4 Å². The fourth-order valence-corrected chi connectivity index (χ4v) is 7.45. The molecule has 4 heterocycles. The van der Waals surface area contributed by atoms with E-state index in [1.807, 2.05) is 0 Å². The van der Waals surface area contributed by atoms with Crippen molar-refractivity contribution in [1.29, 1.82) is 0 Å². The molecule has 0 aliphatic carbocycles. The maximum Gasteiger partial charge on any atom is 0.325 e. The van der Waals surface area contributed by atoms with Crippen LogP contribution < -0.4 is 16.0 Å². The molecule has 3 atom stereocenters. The number of nitrogens with zero attached hydrogens (tertiary/aromatic N) is 7. The predicted molar refractivity (Wildman–Crippen MR) is 166 cm³/mol. The average Bonchev–Trinajstić information content (AvgIpc) is 3.49. The highest BCUT2D eigenvalue weighted by Crippen LogP contribution is 2.41. The Hall–Kier alpha value is -5.18. The molecule has 2 aromatic rings. The molecule has 0 unspecified atom stereocenters. The van der Waals surface area contributed by atoms with Crippen molar-refractivity contribution in [3.05, 3.63) is 41.1 Å². The van der Waals surface area contributed by atoms with Crippen LogP contribution >= 0.6 is 23.5 Å². The van der Waals surface area contributed by atoms with E-state index in [0.717, 1.165) is 0 Å². The first-order chi connectivity index (χ1) is 22.9. The Labute approximate surface area is 280 Å². The van der Waals surface area contributed by atoms with Crippen molar-refractivity contribution in [3.63, 3.8) is 0 Å². The van der Waals surface area contributed by atoms with E-state index in [2.05, 4.69) is 31.5 Å². The Morgan fingerprint density at radius 3 is 2.48 bits per heavy atom. The van der Waals surface area contributed by atoms with Gasteiger partial charge in [0.25, 0.3) is 11.8 Å². The summed E-state index contributed by atoms with van der Waals surface area (Å²) in [5, 5.41) is 37.2. The number of β-lactam (4-membered cyclic amide) rings is 1. The summed E-state index contributed by atoms with van der Waals surface area (Å²) in [5.74, 6) is -5.16. The first kappa shape index (κ1) is 34.2. The minimum atomic E-state index is -1.46. The van der Waals surface area contributed by atoms with Gasteiger partial charge in [0.2, 0.25) is 11.1 Å². The molecule has 21 heteroatoms. The number of piperazine rings is 1. The molecule has 0 radical (unpaired) electrons. The van der Waals surface area contributed by atoms with Crippen LogP contribution in [0.3, 0.4) is 0 Å². The van der Waals surface area contributed by atoms with E-state index in [1.54, 1.807) is 14.0 Å². The molecule has 48 heavy (non-hydrogen) atoms. The lowest BCUT2D eigenvalue weighted by atomic mass is 10.0. The van der Waals surface area contributed by atoms with Gasteiger partial charge in [-0.05, 0) is 40.6 Å². The Morgan fingerprint density at radius 2 is 1.83 bits per heavy atom. The second-order valence-corrected chi connectivity index (χ2v) is 12.7. The van der Waals surface area contributed by atoms with Crippen LogP contribution in [0.1, 0.15) is 18.5 Å². The molecule has 3 aliphatic rings. The van der Waals surface area contributed by atoms with Gasteiger partial charge in [-0.3, -0.25) is 38.6 Å². The molecule has 0 spiro atoms. The number of benzene rings is 1. The van der Waals surface area contributed by atoms with E-state index >= 15 is 0 Å².